The van der Waals surface area contributed by atoms with E-state index in [2.05, 4.69) is 13.3 Å². The molecule has 0 aliphatic heterocycles. The minimum absolute atomic E-state index is 1.14. The zero-order valence-electron chi connectivity index (χ0n) is 7.10. The van der Waals surface area contributed by atoms with Gasteiger partial charge in [-0.1, -0.05) is 51.9 Å². The van der Waals surface area contributed by atoms with Gasteiger partial charge in [-0.15, -0.1) is 0 Å². The highest BCUT2D eigenvalue weighted by Gasteiger charge is 2.19. The molecule has 0 aromatic heterocycles. The second-order valence-electron chi connectivity index (χ2n) is 3.49. The van der Waals surface area contributed by atoms with Crippen LogP contribution in [0.1, 0.15) is 51.9 Å². The third kappa shape index (κ3) is 3.92. The van der Waals surface area contributed by atoms with E-state index in [9.17, 15) is 0 Å². The molecule has 1 aliphatic rings. The summed E-state index contributed by atoms with van der Waals surface area (Å²) in [6, 6.07) is 0. The summed E-state index contributed by atoms with van der Waals surface area (Å²) in [5, 5.41) is 0. The van der Waals surface area contributed by atoms with Crippen molar-refractivity contribution in [2.45, 2.75) is 51.9 Å². The summed E-state index contributed by atoms with van der Waals surface area (Å²) in [5.41, 5.74) is 0. The fourth-order valence-electron chi connectivity index (χ4n) is 1.36. The molecule has 0 bridgehead atoms. The van der Waals surface area contributed by atoms with E-state index < -0.39 is 0 Å². The molecule has 1 fully saturated rings. The number of unbranched alkanes of at least 4 members (excludes halogenated alkanes) is 4. The Morgan fingerprint density at radius 3 is 2.60 bits per heavy atom. The zero-order chi connectivity index (χ0) is 7.23. The van der Waals surface area contributed by atoms with Crippen molar-refractivity contribution in [1.29, 1.82) is 0 Å². The second kappa shape index (κ2) is 4.76. The van der Waals surface area contributed by atoms with E-state index in [0.717, 1.165) is 5.92 Å². The smallest absolute Gasteiger partial charge is 0.0414 e. The first-order valence-corrected chi connectivity index (χ1v) is 4.71. The molecule has 1 rings (SSSR count). The fraction of sp³-hybridized carbons (Fsp3) is 0.900. The molecule has 1 saturated carbocycles. The van der Waals surface area contributed by atoms with Crippen LogP contribution < -0.4 is 0 Å². The number of rotatable bonds is 6. The third-order valence-electron chi connectivity index (χ3n) is 2.30. The highest BCUT2D eigenvalue weighted by molar-refractivity contribution is 4.72. The average molecular weight is 139 g/mol. The van der Waals surface area contributed by atoms with Gasteiger partial charge in [0.15, 0.2) is 0 Å². The molecule has 0 saturated heterocycles. The summed E-state index contributed by atoms with van der Waals surface area (Å²) >= 11 is 0. The lowest BCUT2D eigenvalue weighted by Crippen LogP contribution is -1.79. The van der Waals surface area contributed by atoms with Crippen LogP contribution in [0.3, 0.4) is 0 Å². The second-order valence-corrected chi connectivity index (χ2v) is 3.49. The minimum atomic E-state index is 1.14. The molecule has 0 atom stereocenters. The Kier molecular flexibility index (Phi) is 3.86. The lowest BCUT2D eigenvalue weighted by Gasteiger charge is -1.97. The van der Waals surface area contributed by atoms with Crippen LogP contribution in [-0.2, 0) is 0 Å². The highest BCUT2D eigenvalue weighted by Crippen LogP contribution is 2.34. The Morgan fingerprint density at radius 2 is 2.00 bits per heavy atom. The third-order valence-corrected chi connectivity index (χ3v) is 2.30. The molecule has 0 aromatic carbocycles. The Morgan fingerprint density at radius 1 is 1.20 bits per heavy atom. The lowest BCUT2D eigenvalue weighted by atomic mass is 10.1. The Hall–Kier alpha value is 0. The normalized spacial score (nSPS) is 17.7. The maximum absolute atomic E-state index is 2.27. The molecule has 0 nitrogen and oxygen atoms in total. The Balaban J connectivity index is 1.68. The van der Waals surface area contributed by atoms with Crippen LogP contribution in [0.15, 0.2) is 0 Å². The zero-order valence-corrected chi connectivity index (χ0v) is 7.10. The maximum atomic E-state index is 2.27. The predicted octanol–water partition coefficient (Wildman–Crippen LogP) is 3.57. The van der Waals surface area contributed by atoms with Gasteiger partial charge in [-0.05, 0) is 12.3 Å². The van der Waals surface area contributed by atoms with Gasteiger partial charge < -0.3 is 0 Å². The van der Waals surface area contributed by atoms with Crippen LogP contribution in [-0.4, -0.2) is 0 Å². The minimum Gasteiger partial charge on any atom is -0.0623 e. The van der Waals surface area contributed by atoms with Gasteiger partial charge in [-0.25, -0.2) is 0 Å². The lowest BCUT2D eigenvalue weighted by molar-refractivity contribution is 0.601. The van der Waals surface area contributed by atoms with Crippen LogP contribution in [0.25, 0.3) is 0 Å². The Labute approximate surface area is 65.0 Å². The first-order valence-electron chi connectivity index (χ1n) is 4.71. The Bertz CT molecular complexity index is 72.1. The van der Waals surface area contributed by atoms with Crippen molar-refractivity contribution in [3.05, 3.63) is 6.42 Å². The van der Waals surface area contributed by atoms with Crippen molar-refractivity contribution in [3.63, 3.8) is 0 Å². The molecule has 0 heterocycles. The van der Waals surface area contributed by atoms with Gasteiger partial charge >= 0.3 is 0 Å². The van der Waals surface area contributed by atoms with E-state index >= 15 is 0 Å². The van der Waals surface area contributed by atoms with Crippen LogP contribution in [0.4, 0.5) is 0 Å². The van der Waals surface area contributed by atoms with Crippen molar-refractivity contribution >= 4 is 0 Å². The maximum Gasteiger partial charge on any atom is -0.0414 e. The molecule has 59 valence electrons. The molecule has 0 N–H and O–H groups in total. The van der Waals surface area contributed by atoms with Gasteiger partial charge in [0.1, 0.15) is 0 Å². The molecule has 1 aliphatic carbocycles. The van der Waals surface area contributed by atoms with Crippen LogP contribution in [0, 0.1) is 12.3 Å². The molecule has 10 heavy (non-hydrogen) atoms. The van der Waals surface area contributed by atoms with Gasteiger partial charge in [-0.3, -0.25) is 0 Å². The molecule has 0 unspecified atom stereocenters. The average Bonchev–Trinajstić information content (AvgIpc) is 2.71. The van der Waals surface area contributed by atoms with E-state index in [4.69, 9.17) is 0 Å². The number of hydrogen-bond acceptors (Lipinski definition) is 0. The summed E-state index contributed by atoms with van der Waals surface area (Å²) in [5.74, 6) is 1.14. The van der Waals surface area contributed by atoms with E-state index in [0.29, 0.717) is 0 Å². The quantitative estimate of drug-likeness (QED) is 0.493. The first-order chi connectivity index (χ1) is 4.93. The van der Waals surface area contributed by atoms with Gasteiger partial charge in [0.25, 0.3) is 0 Å². The fourth-order valence-corrected chi connectivity index (χ4v) is 1.36. The van der Waals surface area contributed by atoms with Crippen molar-refractivity contribution in [2.75, 3.05) is 0 Å². The van der Waals surface area contributed by atoms with Crippen molar-refractivity contribution in [3.8, 4) is 0 Å². The largest absolute Gasteiger partial charge is 0.0623 e. The van der Waals surface area contributed by atoms with Crippen molar-refractivity contribution in [2.24, 2.45) is 5.92 Å². The molecular formula is C10H19. The molecular weight excluding hydrogens is 120 g/mol. The van der Waals surface area contributed by atoms with Crippen LogP contribution in [0.2, 0.25) is 0 Å². The molecule has 0 spiro atoms. The van der Waals surface area contributed by atoms with Crippen molar-refractivity contribution in [1.82, 2.24) is 0 Å². The van der Waals surface area contributed by atoms with Crippen LogP contribution >= 0.6 is 0 Å². The van der Waals surface area contributed by atoms with E-state index in [-0.39, 0.29) is 0 Å². The first kappa shape index (κ1) is 8.10. The molecule has 0 heteroatoms. The topological polar surface area (TPSA) is 0 Å². The van der Waals surface area contributed by atoms with Gasteiger partial charge in [-0.2, -0.15) is 0 Å². The SMILES string of the molecule is C[CH]CCCCCC1CC1. The van der Waals surface area contributed by atoms with E-state index in [1.165, 1.54) is 44.9 Å². The molecule has 0 aromatic rings. The van der Waals surface area contributed by atoms with E-state index in [1.54, 1.807) is 0 Å². The van der Waals surface area contributed by atoms with Gasteiger partial charge in [0.2, 0.25) is 0 Å². The van der Waals surface area contributed by atoms with Gasteiger partial charge in [0, 0.05) is 0 Å². The standard InChI is InChI=1S/C10H19/c1-2-3-4-5-6-7-10-8-9-10/h2,10H,3-9H2,1H3. The summed E-state index contributed by atoms with van der Waals surface area (Å²) < 4.78 is 0. The highest BCUT2D eigenvalue weighted by atomic mass is 14.2. The summed E-state index contributed by atoms with van der Waals surface area (Å²) in [6.45, 7) is 2.15. The summed E-state index contributed by atoms with van der Waals surface area (Å²) in [7, 11) is 0. The summed E-state index contributed by atoms with van der Waals surface area (Å²) in [6.07, 6.45) is 12.5. The number of hydrogen-bond donors (Lipinski definition) is 0. The monoisotopic (exact) mass is 139 g/mol. The van der Waals surface area contributed by atoms with E-state index in [1.807, 2.05) is 0 Å². The van der Waals surface area contributed by atoms with Crippen molar-refractivity contribution < 1.29 is 0 Å². The summed E-state index contributed by atoms with van der Waals surface area (Å²) in [4.78, 5) is 0. The molecule has 1 radical (unpaired) electrons. The van der Waals surface area contributed by atoms with Crippen LogP contribution in [0.5, 0.6) is 0 Å². The molecule has 0 amide bonds. The predicted molar refractivity (Wildman–Crippen MR) is 45.8 cm³/mol. The van der Waals surface area contributed by atoms with Gasteiger partial charge in [0.05, 0.1) is 0 Å².